The molecule has 4 aromatic rings. The highest BCUT2D eigenvalue weighted by Gasteiger charge is 2.14. The predicted octanol–water partition coefficient (Wildman–Crippen LogP) is 3.82. The van der Waals surface area contributed by atoms with Gasteiger partial charge in [-0.05, 0) is 36.4 Å². The molecule has 0 aliphatic heterocycles. The second-order valence-corrected chi connectivity index (χ2v) is 6.02. The number of carboxylic acid groups (broad SMARTS) is 1. The van der Waals surface area contributed by atoms with Crippen LogP contribution in [0.5, 0.6) is 0 Å². The molecule has 0 atom stereocenters. The lowest BCUT2D eigenvalue weighted by Crippen LogP contribution is -2.10. The second kappa shape index (κ2) is 6.58. The van der Waals surface area contributed by atoms with Gasteiger partial charge in [0.05, 0.1) is 22.4 Å². The molecule has 3 aromatic heterocycles. The van der Waals surface area contributed by atoms with Crippen LogP contribution in [0.4, 0.5) is 5.69 Å². The molecule has 0 saturated carbocycles. The standard InChI is InChI=1S/C18H11ClN4O4/c19-12-4-3-10(21-17(24)14-2-1-5-27-14)7-11(12)15-22-13-6-9(18(25)26)8-20-16(13)23-15/h1-8H,(H,21,24)(H,25,26)(H,20,22,23). The number of aromatic carboxylic acids is 1. The lowest BCUT2D eigenvalue weighted by atomic mass is 10.2. The van der Waals surface area contributed by atoms with Crippen molar-refractivity contribution in [2.75, 3.05) is 5.32 Å². The summed E-state index contributed by atoms with van der Waals surface area (Å²) in [6, 6.07) is 9.54. The Balaban J connectivity index is 1.69. The number of carbonyl (C=O) groups is 2. The Morgan fingerprint density at radius 2 is 2.07 bits per heavy atom. The summed E-state index contributed by atoms with van der Waals surface area (Å²) in [7, 11) is 0. The minimum atomic E-state index is -1.08. The molecule has 0 radical (unpaired) electrons. The first-order valence-electron chi connectivity index (χ1n) is 7.75. The fraction of sp³-hybridized carbons (Fsp3) is 0. The molecule has 0 saturated heterocycles. The number of rotatable bonds is 4. The molecule has 0 fully saturated rings. The molecular weight excluding hydrogens is 372 g/mol. The Bertz CT molecular complexity index is 1170. The number of amides is 1. The average Bonchev–Trinajstić information content (AvgIpc) is 3.32. The van der Waals surface area contributed by atoms with Crippen molar-refractivity contribution in [3.8, 4) is 11.4 Å². The Morgan fingerprint density at radius 3 is 2.81 bits per heavy atom. The van der Waals surface area contributed by atoms with Gasteiger partial charge in [0.2, 0.25) is 0 Å². The predicted molar refractivity (Wildman–Crippen MR) is 98.0 cm³/mol. The molecule has 0 unspecified atom stereocenters. The van der Waals surface area contributed by atoms with Crippen molar-refractivity contribution in [3.63, 3.8) is 0 Å². The monoisotopic (exact) mass is 382 g/mol. The zero-order valence-corrected chi connectivity index (χ0v) is 14.3. The van der Waals surface area contributed by atoms with Gasteiger partial charge in [0.25, 0.3) is 5.91 Å². The number of benzene rings is 1. The fourth-order valence-electron chi connectivity index (χ4n) is 2.53. The first-order chi connectivity index (χ1) is 13.0. The van der Waals surface area contributed by atoms with Crippen LogP contribution in [0.25, 0.3) is 22.6 Å². The Morgan fingerprint density at radius 1 is 1.22 bits per heavy atom. The minimum Gasteiger partial charge on any atom is -0.478 e. The fourth-order valence-corrected chi connectivity index (χ4v) is 2.74. The number of carboxylic acids is 1. The number of hydrogen-bond acceptors (Lipinski definition) is 5. The second-order valence-electron chi connectivity index (χ2n) is 5.61. The van der Waals surface area contributed by atoms with E-state index in [4.69, 9.17) is 21.1 Å². The van der Waals surface area contributed by atoms with E-state index in [0.717, 1.165) is 0 Å². The Hall–Kier alpha value is -3.65. The molecule has 3 N–H and O–H groups in total. The molecule has 0 aliphatic carbocycles. The number of aromatic nitrogens is 3. The van der Waals surface area contributed by atoms with Gasteiger partial charge in [-0.25, -0.2) is 14.8 Å². The molecule has 0 spiro atoms. The van der Waals surface area contributed by atoms with Crippen molar-refractivity contribution in [1.29, 1.82) is 0 Å². The van der Waals surface area contributed by atoms with E-state index in [0.29, 0.717) is 33.3 Å². The van der Waals surface area contributed by atoms with Crippen LogP contribution in [0.15, 0.2) is 53.3 Å². The zero-order valence-electron chi connectivity index (χ0n) is 13.6. The van der Waals surface area contributed by atoms with E-state index in [1.807, 2.05) is 0 Å². The SMILES string of the molecule is O=C(O)c1cnc2nc(-c3cc(NC(=O)c4ccco4)ccc3Cl)[nH]c2c1. The summed E-state index contributed by atoms with van der Waals surface area (Å²) < 4.78 is 5.06. The van der Waals surface area contributed by atoms with Crippen LogP contribution >= 0.6 is 11.6 Å². The third-order valence-corrected chi connectivity index (χ3v) is 4.14. The zero-order chi connectivity index (χ0) is 19.0. The van der Waals surface area contributed by atoms with Crippen LogP contribution in [0.1, 0.15) is 20.9 Å². The molecule has 8 nitrogen and oxygen atoms in total. The number of anilines is 1. The summed E-state index contributed by atoms with van der Waals surface area (Å²) >= 11 is 6.27. The third-order valence-electron chi connectivity index (χ3n) is 3.81. The van der Waals surface area contributed by atoms with E-state index in [1.54, 1.807) is 30.3 Å². The molecule has 4 rings (SSSR count). The minimum absolute atomic E-state index is 0.0447. The summed E-state index contributed by atoms with van der Waals surface area (Å²) in [5.74, 6) is -0.897. The largest absolute Gasteiger partial charge is 0.478 e. The first-order valence-corrected chi connectivity index (χ1v) is 8.13. The first kappa shape index (κ1) is 16.8. The van der Waals surface area contributed by atoms with Crippen molar-refractivity contribution >= 4 is 40.3 Å². The van der Waals surface area contributed by atoms with Gasteiger partial charge in [-0.1, -0.05) is 11.6 Å². The van der Waals surface area contributed by atoms with E-state index in [9.17, 15) is 9.59 Å². The van der Waals surface area contributed by atoms with Crippen LogP contribution in [-0.4, -0.2) is 31.9 Å². The number of imidazole rings is 1. The maximum Gasteiger partial charge on any atom is 0.337 e. The molecule has 0 aliphatic rings. The average molecular weight is 383 g/mol. The van der Waals surface area contributed by atoms with E-state index in [2.05, 4.69) is 20.3 Å². The molecule has 27 heavy (non-hydrogen) atoms. The van der Waals surface area contributed by atoms with Crippen LogP contribution in [0.3, 0.4) is 0 Å². The highest BCUT2D eigenvalue weighted by Crippen LogP contribution is 2.30. The third kappa shape index (κ3) is 3.25. The van der Waals surface area contributed by atoms with Crippen molar-refractivity contribution in [3.05, 3.63) is 65.2 Å². The van der Waals surface area contributed by atoms with Crippen molar-refractivity contribution in [2.24, 2.45) is 0 Å². The van der Waals surface area contributed by atoms with Crippen LogP contribution in [-0.2, 0) is 0 Å². The smallest absolute Gasteiger partial charge is 0.337 e. The van der Waals surface area contributed by atoms with Gasteiger partial charge in [0.1, 0.15) is 5.82 Å². The van der Waals surface area contributed by atoms with Crippen LogP contribution in [0, 0.1) is 0 Å². The summed E-state index contributed by atoms with van der Waals surface area (Å²) in [5.41, 5.74) is 1.89. The molecule has 3 heterocycles. The number of H-pyrrole nitrogens is 1. The van der Waals surface area contributed by atoms with Gasteiger partial charge in [-0.3, -0.25) is 4.79 Å². The number of nitrogens with zero attached hydrogens (tertiary/aromatic N) is 2. The van der Waals surface area contributed by atoms with Gasteiger partial charge in [0, 0.05) is 17.4 Å². The van der Waals surface area contributed by atoms with E-state index < -0.39 is 11.9 Å². The van der Waals surface area contributed by atoms with Crippen LogP contribution < -0.4 is 5.32 Å². The lowest BCUT2D eigenvalue weighted by Gasteiger charge is -2.07. The molecule has 134 valence electrons. The number of hydrogen-bond donors (Lipinski definition) is 3. The quantitative estimate of drug-likeness (QED) is 0.493. The van der Waals surface area contributed by atoms with Crippen molar-refractivity contribution < 1.29 is 19.1 Å². The van der Waals surface area contributed by atoms with Gasteiger partial charge in [0.15, 0.2) is 11.4 Å². The summed E-state index contributed by atoms with van der Waals surface area (Å²) in [6.07, 6.45) is 2.64. The van der Waals surface area contributed by atoms with E-state index in [-0.39, 0.29) is 11.3 Å². The number of nitrogens with one attached hydrogen (secondary N) is 2. The number of aromatic amines is 1. The maximum atomic E-state index is 12.1. The Labute approximate surface area is 156 Å². The number of fused-ring (bicyclic) bond motifs is 1. The summed E-state index contributed by atoms with van der Waals surface area (Å²) in [6.45, 7) is 0. The maximum absolute atomic E-state index is 12.1. The van der Waals surface area contributed by atoms with Gasteiger partial charge >= 0.3 is 5.97 Å². The van der Waals surface area contributed by atoms with Crippen LogP contribution in [0.2, 0.25) is 5.02 Å². The topological polar surface area (TPSA) is 121 Å². The summed E-state index contributed by atoms with van der Waals surface area (Å²) in [4.78, 5) is 34.6. The summed E-state index contributed by atoms with van der Waals surface area (Å²) in [5, 5.41) is 12.2. The molecule has 1 aromatic carbocycles. The number of halogens is 1. The van der Waals surface area contributed by atoms with E-state index in [1.165, 1.54) is 18.5 Å². The lowest BCUT2D eigenvalue weighted by molar-refractivity contribution is 0.0696. The number of carbonyl (C=O) groups excluding carboxylic acids is 1. The van der Waals surface area contributed by atoms with Crippen molar-refractivity contribution in [1.82, 2.24) is 15.0 Å². The molecule has 0 bridgehead atoms. The molecular formula is C18H11ClN4O4. The Kier molecular flexibility index (Phi) is 4.09. The normalized spacial score (nSPS) is 10.9. The van der Waals surface area contributed by atoms with Gasteiger partial charge in [-0.15, -0.1) is 0 Å². The van der Waals surface area contributed by atoms with Gasteiger partial charge < -0.3 is 19.8 Å². The molecule has 9 heteroatoms. The highest BCUT2D eigenvalue weighted by molar-refractivity contribution is 6.33. The molecule has 1 amide bonds. The highest BCUT2D eigenvalue weighted by atomic mass is 35.5. The van der Waals surface area contributed by atoms with E-state index >= 15 is 0 Å². The number of pyridine rings is 1. The number of furan rings is 1. The van der Waals surface area contributed by atoms with Gasteiger partial charge in [-0.2, -0.15) is 0 Å². The van der Waals surface area contributed by atoms with Crippen molar-refractivity contribution in [2.45, 2.75) is 0 Å².